The van der Waals surface area contributed by atoms with Gasteiger partial charge < -0.3 is 4.98 Å². The van der Waals surface area contributed by atoms with Crippen LogP contribution in [0, 0.1) is 0 Å². The third-order valence-electron chi connectivity index (χ3n) is 2.68. The molecule has 7 heteroatoms. The van der Waals surface area contributed by atoms with Crippen LogP contribution in [0.2, 0.25) is 0 Å². The molecule has 0 aliphatic rings. The minimum Gasteiger partial charge on any atom is -0.311 e. The Morgan fingerprint density at radius 1 is 1.35 bits per heavy atom. The summed E-state index contributed by atoms with van der Waals surface area (Å²) in [6, 6.07) is 1.92. The van der Waals surface area contributed by atoms with Crippen LogP contribution in [0.3, 0.4) is 0 Å². The van der Waals surface area contributed by atoms with Gasteiger partial charge in [0.15, 0.2) is 0 Å². The Hall–Kier alpha value is -2.18. The summed E-state index contributed by atoms with van der Waals surface area (Å²) >= 11 is 0. The van der Waals surface area contributed by atoms with E-state index >= 15 is 0 Å². The molecule has 0 saturated heterocycles. The lowest BCUT2D eigenvalue weighted by Crippen LogP contribution is -2.13. The number of nitrogens with one attached hydrogen (secondary N) is 1. The first-order valence-corrected chi connectivity index (χ1v) is 6.03. The predicted octanol–water partition coefficient (Wildman–Crippen LogP) is 2.80. The fourth-order valence-corrected chi connectivity index (χ4v) is 1.85. The largest absolute Gasteiger partial charge is 0.417 e. The van der Waals surface area contributed by atoms with Crippen LogP contribution in [-0.4, -0.2) is 15.0 Å². The molecule has 0 aliphatic carbocycles. The average Bonchev–Trinajstić information content (AvgIpc) is 2.37. The molecule has 0 aliphatic heterocycles. The van der Waals surface area contributed by atoms with Gasteiger partial charge in [-0.15, -0.1) is 0 Å². The van der Waals surface area contributed by atoms with Gasteiger partial charge in [-0.25, -0.2) is 4.98 Å². The van der Waals surface area contributed by atoms with Crippen molar-refractivity contribution in [3.63, 3.8) is 0 Å². The van der Waals surface area contributed by atoms with E-state index in [4.69, 9.17) is 0 Å². The number of H-pyrrole nitrogens is 1. The zero-order valence-corrected chi connectivity index (χ0v) is 10.7. The summed E-state index contributed by atoms with van der Waals surface area (Å²) in [5.74, 6) is 0.368. The smallest absolute Gasteiger partial charge is 0.311 e. The van der Waals surface area contributed by atoms with Crippen LogP contribution in [-0.2, 0) is 12.6 Å². The van der Waals surface area contributed by atoms with Crippen molar-refractivity contribution in [2.75, 3.05) is 0 Å². The molecule has 4 nitrogen and oxygen atoms in total. The van der Waals surface area contributed by atoms with Crippen LogP contribution in [0.15, 0.2) is 29.3 Å². The number of rotatable bonds is 3. The molecule has 0 amide bonds. The fraction of sp³-hybridized carbons (Fsp3) is 0.308. The van der Waals surface area contributed by atoms with E-state index in [-0.39, 0.29) is 11.3 Å². The van der Waals surface area contributed by atoms with Gasteiger partial charge in [-0.1, -0.05) is 6.92 Å². The Morgan fingerprint density at radius 2 is 2.10 bits per heavy atom. The lowest BCUT2D eigenvalue weighted by atomic mass is 10.1. The molecule has 0 aromatic carbocycles. The quantitative estimate of drug-likeness (QED) is 0.942. The van der Waals surface area contributed by atoms with E-state index in [1.54, 1.807) is 0 Å². The van der Waals surface area contributed by atoms with Gasteiger partial charge in [-0.05, 0) is 12.5 Å². The highest BCUT2D eigenvalue weighted by atomic mass is 19.4. The second-order valence-corrected chi connectivity index (χ2v) is 4.25. The summed E-state index contributed by atoms with van der Waals surface area (Å²) < 4.78 is 38.8. The number of pyridine rings is 1. The molecule has 2 aromatic rings. The monoisotopic (exact) mass is 283 g/mol. The molecule has 0 unspecified atom stereocenters. The van der Waals surface area contributed by atoms with Crippen molar-refractivity contribution in [2.45, 2.75) is 25.9 Å². The van der Waals surface area contributed by atoms with Gasteiger partial charge in [-0.3, -0.25) is 9.78 Å². The van der Waals surface area contributed by atoms with Crippen molar-refractivity contribution >= 4 is 0 Å². The molecule has 0 radical (unpaired) electrons. The van der Waals surface area contributed by atoms with Gasteiger partial charge in [0, 0.05) is 30.4 Å². The van der Waals surface area contributed by atoms with E-state index in [1.165, 1.54) is 0 Å². The van der Waals surface area contributed by atoms with Crippen LogP contribution < -0.4 is 5.56 Å². The third-order valence-corrected chi connectivity index (χ3v) is 2.68. The van der Waals surface area contributed by atoms with Gasteiger partial charge in [0.2, 0.25) is 0 Å². The van der Waals surface area contributed by atoms with E-state index in [0.717, 1.165) is 30.9 Å². The topological polar surface area (TPSA) is 58.6 Å². The maximum Gasteiger partial charge on any atom is 0.417 e. The summed E-state index contributed by atoms with van der Waals surface area (Å²) in [6.45, 7) is 1.89. The minimum absolute atomic E-state index is 0.0161. The predicted molar refractivity (Wildman–Crippen MR) is 67.1 cm³/mol. The fourth-order valence-electron chi connectivity index (χ4n) is 1.85. The number of hydrogen-bond donors (Lipinski definition) is 1. The Bertz CT molecular complexity index is 664. The Labute approximate surface area is 112 Å². The lowest BCUT2D eigenvalue weighted by Gasteiger charge is -2.12. The number of aromatic nitrogens is 3. The van der Waals surface area contributed by atoms with Crippen molar-refractivity contribution in [3.8, 4) is 11.3 Å². The van der Waals surface area contributed by atoms with E-state index in [2.05, 4.69) is 15.0 Å². The molecule has 2 rings (SSSR count). The molecule has 0 bridgehead atoms. The molecule has 0 atom stereocenters. The van der Waals surface area contributed by atoms with Crippen molar-refractivity contribution in [2.24, 2.45) is 0 Å². The lowest BCUT2D eigenvalue weighted by molar-refractivity contribution is -0.137. The number of aryl methyl sites for hydroxylation is 1. The normalized spacial score (nSPS) is 11.6. The Kier molecular flexibility index (Phi) is 3.87. The molecular weight excluding hydrogens is 271 g/mol. The van der Waals surface area contributed by atoms with Crippen LogP contribution in [0.25, 0.3) is 11.3 Å². The standard InChI is InChI=1S/C13H12F3N3O/c1-2-3-11-18-10(6-12(20)19-11)8-7-17-5-4-9(8)13(14,15)16/h4-7H,2-3H2,1H3,(H,18,19,20). The molecular formula is C13H12F3N3O. The molecule has 0 fully saturated rings. The van der Waals surface area contributed by atoms with Crippen LogP contribution in [0.1, 0.15) is 24.7 Å². The maximum atomic E-state index is 12.9. The first kappa shape index (κ1) is 14.2. The molecule has 20 heavy (non-hydrogen) atoms. The van der Waals surface area contributed by atoms with Crippen LogP contribution >= 0.6 is 0 Å². The zero-order chi connectivity index (χ0) is 14.8. The molecule has 0 saturated carbocycles. The zero-order valence-electron chi connectivity index (χ0n) is 10.7. The molecule has 0 spiro atoms. The van der Waals surface area contributed by atoms with Crippen molar-refractivity contribution in [1.82, 2.24) is 15.0 Å². The maximum absolute atomic E-state index is 12.9. The van der Waals surface area contributed by atoms with Gasteiger partial charge in [0.05, 0.1) is 11.3 Å². The van der Waals surface area contributed by atoms with Gasteiger partial charge in [0.1, 0.15) is 5.82 Å². The first-order chi connectivity index (χ1) is 9.41. The molecule has 1 N–H and O–H groups in total. The average molecular weight is 283 g/mol. The van der Waals surface area contributed by atoms with E-state index in [9.17, 15) is 18.0 Å². The summed E-state index contributed by atoms with van der Waals surface area (Å²) in [7, 11) is 0. The van der Waals surface area contributed by atoms with Gasteiger partial charge in [0.25, 0.3) is 5.56 Å². The summed E-state index contributed by atoms with van der Waals surface area (Å²) in [5, 5.41) is 0. The van der Waals surface area contributed by atoms with E-state index < -0.39 is 17.3 Å². The highest BCUT2D eigenvalue weighted by molar-refractivity contribution is 5.62. The summed E-state index contributed by atoms with van der Waals surface area (Å²) in [4.78, 5) is 21.8. The second-order valence-electron chi connectivity index (χ2n) is 4.25. The van der Waals surface area contributed by atoms with Gasteiger partial charge >= 0.3 is 6.18 Å². The molecule has 106 valence electrons. The summed E-state index contributed by atoms with van der Waals surface area (Å²) in [5.41, 5.74) is -1.54. The van der Waals surface area contributed by atoms with E-state index in [1.807, 2.05) is 6.92 Å². The van der Waals surface area contributed by atoms with Crippen molar-refractivity contribution < 1.29 is 13.2 Å². The highest BCUT2D eigenvalue weighted by Gasteiger charge is 2.34. The number of aromatic amines is 1. The third kappa shape index (κ3) is 3.04. The number of nitrogens with zero attached hydrogens (tertiary/aromatic N) is 2. The molecule has 2 heterocycles. The minimum atomic E-state index is -4.52. The van der Waals surface area contributed by atoms with E-state index in [0.29, 0.717) is 12.2 Å². The second kappa shape index (κ2) is 5.44. The number of hydrogen-bond acceptors (Lipinski definition) is 3. The van der Waals surface area contributed by atoms with Crippen LogP contribution in [0.4, 0.5) is 13.2 Å². The molecule has 2 aromatic heterocycles. The SMILES string of the molecule is CCCc1nc(-c2cnccc2C(F)(F)F)cc(=O)[nH]1. The summed E-state index contributed by atoms with van der Waals surface area (Å²) in [6.07, 6.45) is -1.17. The first-order valence-electron chi connectivity index (χ1n) is 6.03. The van der Waals surface area contributed by atoms with Gasteiger partial charge in [-0.2, -0.15) is 13.2 Å². The number of alkyl halides is 3. The van der Waals surface area contributed by atoms with Crippen molar-refractivity contribution in [1.29, 1.82) is 0 Å². The highest BCUT2D eigenvalue weighted by Crippen LogP contribution is 2.35. The Morgan fingerprint density at radius 3 is 2.75 bits per heavy atom. The van der Waals surface area contributed by atoms with Crippen LogP contribution in [0.5, 0.6) is 0 Å². The number of halogens is 3. The van der Waals surface area contributed by atoms with Crippen molar-refractivity contribution in [3.05, 3.63) is 46.3 Å². The Balaban J connectivity index is 2.60.